The van der Waals surface area contributed by atoms with Gasteiger partial charge >= 0.3 is 0 Å². The third-order valence-electron chi connectivity index (χ3n) is 3.01. The number of methoxy groups -OCH3 is 1. The molecule has 1 aromatic carbocycles. The summed E-state index contributed by atoms with van der Waals surface area (Å²) in [5.74, 6) is 0.857. The number of benzene rings is 1. The van der Waals surface area contributed by atoms with Crippen molar-refractivity contribution in [3.8, 4) is 5.75 Å². The molecular weight excluding hydrogens is 242 g/mol. The van der Waals surface area contributed by atoms with Gasteiger partial charge in [-0.2, -0.15) is 0 Å². The fourth-order valence-corrected chi connectivity index (χ4v) is 1.78. The second-order valence-corrected chi connectivity index (χ2v) is 4.26. The standard InChI is InChI=1S/C14H19N3O2/c1-4-19-10-14-11(2)17(16-15-14)9-12-5-7-13(18-3)8-6-12/h5-8H,4,9-10H2,1-3H3. The summed E-state index contributed by atoms with van der Waals surface area (Å²) < 4.78 is 12.4. The molecule has 5 nitrogen and oxygen atoms in total. The van der Waals surface area contributed by atoms with Crippen molar-refractivity contribution < 1.29 is 9.47 Å². The maximum absolute atomic E-state index is 5.36. The van der Waals surface area contributed by atoms with Crippen LogP contribution >= 0.6 is 0 Å². The molecule has 0 N–H and O–H groups in total. The summed E-state index contributed by atoms with van der Waals surface area (Å²) in [6.45, 7) is 5.89. The van der Waals surface area contributed by atoms with Crippen molar-refractivity contribution in [2.24, 2.45) is 0 Å². The van der Waals surface area contributed by atoms with E-state index in [1.54, 1.807) is 7.11 Å². The van der Waals surface area contributed by atoms with Crippen LogP contribution in [0.3, 0.4) is 0 Å². The number of nitrogens with zero attached hydrogens (tertiary/aromatic N) is 3. The van der Waals surface area contributed by atoms with Crippen LogP contribution in [-0.4, -0.2) is 28.7 Å². The summed E-state index contributed by atoms with van der Waals surface area (Å²) in [6, 6.07) is 7.95. The zero-order chi connectivity index (χ0) is 13.7. The summed E-state index contributed by atoms with van der Waals surface area (Å²) in [6.07, 6.45) is 0. The van der Waals surface area contributed by atoms with Gasteiger partial charge in [0.2, 0.25) is 0 Å². The van der Waals surface area contributed by atoms with Crippen molar-refractivity contribution in [3.63, 3.8) is 0 Å². The Labute approximate surface area is 113 Å². The highest BCUT2D eigenvalue weighted by Gasteiger charge is 2.08. The summed E-state index contributed by atoms with van der Waals surface area (Å²) in [4.78, 5) is 0. The average molecular weight is 261 g/mol. The van der Waals surface area contributed by atoms with E-state index in [-0.39, 0.29) is 0 Å². The highest BCUT2D eigenvalue weighted by molar-refractivity contribution is 5.27. The summed E-state index contributed by atoms with van der Waals surface area (Å²) in [7, 11) is 1.66. The third-order valence-corrected chi connectivity index (χ3v) is 3.01. The molecule has 0 radical (unpaired) electrons. The molecule has 0 saturated heterocycles. The van der Waals surface area contributed by atoms with E-state index >= 15 is 0 Å². The van der Waals surface area contributed by atoms with Gasteiger partial charge in [-0.25, -0.2) is 4.68 Å². The van der Waals surface area contributed by atoms with Gasteiger partial charge < -0.3 is 9.47 Å². The van der Waals surface area contributed by atoms with E-state index in [1.807, 2.05) is 42.8 Å². The molecular formula is C14H19N3O2. The molecule has 0 saturated carbocycles. The Balaban J connectivity index is 2.07. The van der Waals surface area contributed by atoms with E-state index in [4.69, 9.17) is 9.47 Å². The first-order valence-corrected chi connectivity index (χ1v) is 6.34. The lowest BCUT2D eigenvalue weighted by Crippen LogP contribution is -2.04. The van der Waals surface area contributed by atoms with Gasteiger partial charge in [0, 0.05) is 6.61 Å². The predicted molar refractivity (Wildman–Crippen MR) is 72.2 cm³/mol. The fourth-order valence-electron chi connectivity index (χ4n) is 1.78. The van der Waals surface area contributed by atoms with Gasteiger partial charge in [0.15, 0.2) is 0 Å². The van der Waals surface area contributed by atoms with Crippen LogP contribution in [0.1, 0.15) is 23.9 Å². The van der Waals surface area contributed by atoms with Crippen LogP contribution in [-0.2, 0) is 17.9 Å². The van der Waals surface area contributed by atoms with Crippen LogP contribution < -0.4 is 4.74 Å². The first kappa shape index (κ1) is 13.5. The second-order valence-electron chi connectivity index (χ2n) is 4.26. The van der Waals surface area contributed by atoms with Gasteiger partial charge in [0.25, 0.3) is 0 Å². The summed E-state index contributed by atoms with van der Waals surface area (Å²) >= 11 is 0. The second kappa shape index (κ2) is 6.33. The Morgan fingerprint density at radius 1 is 1.21 bits per heavy atom. The molecule has 19 heavy (non-hydrogen) atoms. The largest absolute Gasteiger partial charge is 0.497 e. The van der Waals surface area contributed by atoms with Gasteiger partial charge in [0.05, 0.1) is 26.0 Å². The van der Waals surface area contributed by atoms with Crippen molar-refractivity contribution in [2.75, 3.05) is 13.7 Å². The van der Waals surface area contributed by atoms with Gasteiger partial charge in [-0.05, 0) is 31.5 Å². The van der Waals surface area contributed by atoms with Crippen LogP contribution in [0, 0.1) is 6.92 Å². The highest BCUT2D eigenvalue weighted by Crippen LogP contribution is 2.13. The molecule has 5 heteroatoms. The van der Waals surface area contributed by atoms with E-state index in [2.05, 4.69) is 10.3 Å². The fraction of sp³-hybridized carbons (Fsp3) is 0.429. The van der Waals surface area contributed by atoms with Gasteiger partial charge in [-0.3, -0.25) is 0 Å². The molecule has 0 bridgehead atoms. The molecule has 0 atom stereocenters. The monoisotopic (exact) mass is 261 g/mol. The first-order valence-electron chi connectivity index (χ1n) is 6.34. The van der Waals surface area contributed by atoms with Crippen molar-refractivity contribution >= 4 is 0 Å². The Bertz CT molecular complexity index is 520. The first-order chi connectivity index (χ1) is 9.24. The molecule has 0 fully saturated rings. The molecule has 0 aliphatic carbocycles. The molecule has 2 rings (SSSR count). The Hall–Kier alpha value is -1.88. The highest BCUT2D eigenvalue weighted by atomic mass is 16.5. The van der Waals surface area contributed by atoms with Gasteiger partial charge in [-0.1, -0.05) is 17.3 Å². The smallest absolute Gasteiger partial charge is 0.118 e. The molecule has 2 aromatic rings. The number of rotatable bonds is 6. The maximum atomic E-state index is 5.36. The van der Waals surface area contributed by atoms with Crippen LogP contribution in [0.5, 0.6) is 5.75 Å². The van der Waals surface area contributed by atoms with Crippen molar-refractivity contribution in [2.45, 2.75) is 27.0 Å². The molecule has 1 heterocycles. The molecule has 0 amide bonds. The minimum atomic E-state index is 0.519. The Kier molecular flexibility index (Phi) is 4.52. The molecule has 0 aliphatic heterocycles. The van der Waals surface area contributed by atoms with Crippen molar-refractivity contribution in [1.29, 1.82) is 0 Å². The van der Waals surface area contributed by atoms with E-state index in [0.29, 0.717) is 19.8 Å². The van der Waals surface area contributed by atoms with E-state index in [9.17, 15) is 0 Å². The van der Waals surface area contributed by atoms with E-state index < -0.39 is 0 Å². The minimum Gasteiger partial charge on any atom is -0.497 e. The van der Waals surface area contributed by atoms with E-state index in [1.165, 1.54) is 0 Å². The minimum absolute atomic E-state index is 0.519. The Morgan fingerprint density at radius 2 is 1.95 bits per heavy atom. The number of ether oxygens (including phenoxy) is 2. The SMILES string of the molecule is CCOCc1nnn(Cc2ccc(OC)cc2)c1C. The number of hydrogen-bond acceptors (Lipinski definition) is 4. The van der Waals surface area contributed by atoms with Crippen molar-refractivity contribution in [1.82, 2.24) is 15.0 Å². The van der Waals surface area contributed by atoms with Crippen LogP contribution in [0.25, 0.3) is 0 Å². The zero-order valence-electron chi connectivity index (χ0n) is 11.6. The van der Waals surface area contributed by atoms with Crippen LogP contribution in [0.2, 0.25) is 0 Å². The number of aromatic nitrogens is 3. The van der Waals surface area contributed by atoms with Crippen molar-refractivity contribution in [3.05, 3.63) is 41.2 Å². The van der Waals surface area contributed by atoms with Gasteiger partial charge in [0.1, 0.15) is 11.4 Å². The topological polar surface area (TPSA) is 49.2 Å². The predicted octanol–water partition coefficient (Wildman–Crippen LogP) is 2.18. The quantitative estimate of drug-likeness (QED) is 0.799. The van der Waals surface area contributed by atoms with Crippen LogP contribution in [0.4, 0.5) is 0 Å². The molecule has 0 spiro atoms. The molecule has 0 unspecified atom stereocenters. The summed E-state index contributed by atoms with van der Waals surface area (Å²) in [5, 5.41) is 8.31. The lowest BCUT2D eigenvalue weighted by molar-refractivity contribution is 0.131. The van der Waals surface area contributed by atoms with Gasteiger partial charge in [-0.15, -0.1) is 5.10 Å². The van der Waals surface area contributed by atoms with Crippen LogP contribution in [0.15, 0.2) is 24.3 Å². The summed E-state index contributed by atoms with van der Waals surface area (Å²) in [5.41, 5.74) is 3.11. The molecule has 0 aliphatic rings. The molecule has 102 valence electrons. The lowest BCUT2D eigenvalue weighted by Gasteiger charge is -2.05. The zero-order valence-corrected chi connectivity index (χ0v) is 11.6. The Morgan fingerprint density at radius 3 is 2.58 bits per heavy atom. The molecule has 1 aromatic heterocycles. The lowest BCUT2D eigenvalue weighted by atomic mass is 10.2. The normalized spacial score (nSPS) is 10.7. The van der Waals surface area contributed by atoms with E-state index in [0.717, 1.165) is 22.7 Å². The maximum Gasteiger partial charge on any atom is 0.118 e. The average Bonchev–Trinajstić information content (AvgIpc) is 2.78. The number of hydrogen-bond donors (Lipinski definition) is 0. The third kappa shape index (κ3) is 3.32.